The molecule has 0 saturated heterocycles. The van der Waals surface area contributed by atoms with Crippen molar-refractivity contribution in [1.29, 1.82) is 0 Å². The second-order valence-electron chi connectivity index (χ2n) is 10.6. The van der Waals surface area contributed by atoms with E-state index in [-0.39, 0.29) is 32.2 Å². The topological polar surface area (TPSA) is 82.8 Å². The third-order valence-electron chi connectivity index (χ3n) is 7.24. The summed E-state index contributed by atoms with van der Waals surface area (Å²) in [7, 11) is 0. The molecule has 2 N–H and O–H groups in total. The van der Waals surface area contributed by atoms with Crippen LogP contribution >= 0.6 is 23.4 Å². The SMILES string of the molecule is CSCC[C@H](NC(=O)c1ccc(CN(Cc2ccc(-c3ccc(Cl)cc3)o2)C(C)C)cc1-c1ccccc1C)C(=O)O.[H-].[Li+]. The Morgan fingerprint density at radius 3 is 2.37 bits per heavy atom. The number of aliphatic carboxylic acids is 1. The fourth-order valence-electron chi connectivity index (χ4n) is 4.80. The molecule has 9 heteroatoms. The number of nitrogens with zero attached hydrogens (tertiary/aromatic N) is 1. The first kappa shape index (κ1) is 34.6. The number of hydrogen-bond acceptors (Lipinski definition) is 5. The average Bonchev–Trinajstić information content (AvgIpc) is 3.43. The molecule has 43 heavy (non-hydrogen) atoms. The summed E-state index contributed by atoms with van der Waals surface area (Å²) in [5.74, 6) is 0.868. The van der Waals surface area contributed by atoms with Gasteiger partial charge in [0, 0.05) is 28.7 Å². The molecule has 0 aliphatic carbocycles. The molecule has 0 fully saturated rings. The Labute approximate surface area is 276 Å². The van der Waals surface area contributed by atoms with Gasteiger partial charge < -0.3 is 16.3 Å². The summed E-state index contributed by atoms with van der Waals surface area (Å²) in [4.78, 5) is 27.6. The number of amides is 1. The van der Waals surface area contributed by atoms with Gasteiger partial charge in [-0.25, -0.2) is 4.79 Å². The number of aryl methyl sites for hydroxylation is 1. The molecule has 0 unspecified atom stereocenters. The van der Waals surface area contributed by atoms with Gasteiger partial charge in [-0.1, -0.05) is 41.9 Å². The third-order valence-corrected chi connectivity index (χ3v) is 8.14. The van der Waals surface area contributed by atoms with Crippen LogP contribution in [0.2, 0.25) is 5.02 Å². The predicted molar refractivity (Wildman–Crippen MR) is 173 cm³/mol. The minimum Gasteiger partial charge on any atom is -1.00 e. The molecule has 1 heterocycles. The Bertz CT molecular complexity index is 1530. The minimum absolute atomic E-state index is 0. The van der Waals surface area contributed by atoms with Crippen LogP contribution in [-0.2, 0) is 17.9 Å². The molecule has 0 bridgehead atoms. The quantitative estimate of drug-likeness (QED) is 0.206. The molecule has 3 aromatic carbocycles. The molecule has 1 aromatic heterocycles. The van der Waals surface area contributed by atoms with Gasteiger partial charge in [0.05, 0.1) is 6.54 Å². The standard InChI is InChI=1S/C34H37ClN2O4S.Li.H/c1-22(2)37(21-27-14-16-32(41-27)25-10-12-26(35)13-11-25)20-24-9-15-29(30(19-24)28-8-6-5-7-23(28)3)33(38)36-31(34(39)40)17-18-42-4;;/h5-16,19,22,31H,17-18,20-21H2,1-4H3,(H,36,38)(H,39,40);;/q;+1;-1/t31-;;/m0../s1. The van der Waals surface area contributed by atoms with E-state index < -0.39 is 12.0 Å². The van der Waals surface area contributed by atoms with Crippen molar-refractivity contribution in [2.24, 2.45) is 0 Å². The van der Waals surface area contributed by atoms with Crippen LogP contribution in [0, 0.1) is 6.92 Å². The summed E-state index contributed by atoms with van der Waals surface area (Å²) in [6, 6.07) is 24.6. The van der Waals surface area contributed by atoms with Crippen molar-refractivity contribution in [3.63, 3.8) is 0 Å². The molecule has 0 radical (unpaired) electrons. The Kier molecular flexibility index (Phi) is 13.0. The van der Waals surface area contributed by atoms with Gasteiger partial charge in [-0.3, -0.25) is 9.69 Å². The molecule has 0 aliphatic rings. The van der Waals surface area contributed by atoms with Crippen LogP contribution < -0.4 is 24.2 Å². The van der Waals surface area contributed by atoms with Crippen molar-refractivity contribution >= 4 is 35.2 Å². The Hall–Kier alpha value is -2.92. The Morgan fingerprint density at radius 2 is 1.72 bits per heavy atom. The van der Waals surface area contributed by atoms with Crippen LogP contribution in [-0.4, -0.2) is 46.0 Å². The minimum atomic E-state index is -1.03. The van der Waals surface area contributed by atoms with E-state index in [2.05, 4.69) is 24.1 Å². The molecular formula is C34H38ClLiN2O4S. The fraction of sp³-hybridized carbons (Fsp3) is 0.294. The first-order chi connectivity index (χ1) is 20.2. The zero-order chi connectivity index (χ0) is 30.2. The molecule has 6 nitrogen and oxygen atoms in total. The second-order valence-corrected chi connectivity index (χ2v) is 12.0. The van der Waals surface area contributed by atoms with E-state index in [4.69, 9.17) is 16.0 Å². The van der Waals surface area contributed by atoms with Crippen LogP contribution in [0.15, 0.2) is 83.3 Å². The summed E-state index contributed by atoms with van der Waals surface area (Å²) >= 11 is 7.59. The zero-order valence-electron chi connectivity index (χ0n) is 26.4. The first-order valence-electron chi connectivity index (χ1n) is 14.0. The molecule has 222 valence electrons. The van der Waals surface area contributed by atoms with Gasteiger partial charge in [0.25, 0.3) is 5.91 Å². The first-order valence-corrected chi connectivity index (χ1v) is 15.7. The number of carbonyl (C=O) groups excluding carboxylic acids is 1. The number of carboxylic acid groups (broad SMARTS) is 1. The number of hydrogen-bond donors (Lipinski definition) is 2. The van der Waals surface area contributed by atoms with E-state index in [1.165, 1.54) is 0 Å². The second kappa shape index (κ2) is 16.2. The van der Waals surface area contributed by atoms with E-state index in [0.29, 0.717) is 35.8 Å². The maximum atomic E-state index is 13.4. The van der Waals surface area contributed by atoms with E-state index in [0.717, 1.165) is 39.3 Å². The number of carbonyl (C=O) groups is 2. The van der Waals surface area contributed by atoms with Gasteiger partial charge in [0.2, 0.25) is 0 Å². The monoisotopic (exact) mass is 612 g/mol. The smallest absolute Gasteiger partial charge is 1.00 e. The fourth-order valence-corrected chi connectivity index (χ4v) is 5.40. The normalized spacial score (nSPS) is 11.8. The van der Waals surface area contributed by atoms with Crippen molar-refractivity contribution in [1.82, 2.24) is 10.2 Å². The number of thioether (sulfide) groups is 1. The van der Waals surface area contributed by atoms with Crippen LogP contribution in [0.5, 0.6) is 0 Å². The van der Waals surface area contributed by atoms with Crippen molar-refractivity contribution in [2.45, 2.75) is 52.4 Å². The zero-order valence-corrected chi connectivity index (χ0v) is 27.0. The molecular weight excluding hydrogens is 575 g/mol. The molecule has 0 aliphatic heterocycles. The molecule has 0 spiro atoms. The summed E-state index contributed by atoms with van der Waals surface area (Å²) in [6.07, 6.45) is 2.27. The van der Waals surface area contributed by atoms with Crippen molar-refractivity contribution in [3.8, 4) is 22.5 Å². The molecule has 1 atom stereocenters. The summed E-state index contributed by atoms with van der Waals surface area (Å²) < 4.78 is 6.18. The van der Waals surface area contributed by atoms with Gasteiger partial charge in [0.1, 0.15) is 17.6 Å². The Morgan fingerprint density at radius 1 is 1.00 bits per heavy atom. The number of nitrogens with one attached hydrogen (secondary N) is 1. The molecule has 0 saturated carbocycles. The predicted octanol–water partition coefficient (Wildman–Crippen LogP) is 5.04. The molecule has 1 amide bonds. The third kappa shape index (κ3) is 9.28. The van der Waals surface area contributed by atoms with Gasteiger partial charge in [0.15, 0.2) is 0 Å². The van der Waals surface area contributed by atoms with Gasteiger partial charge in [-0.15, -0.1) is 0 Å². The van der Waals surface area contributed by atoms with Crippen molar-refractivity contribution < 1.29 is 39.4 Å². The molecule has 4 aromatic rings. The van der Waals surface area contributed by atoms with E-state index >= 15 is 0 Å². The number of halogens is 1. The van der Waals surface area contributed by atoms with Crippen molar-refractivity contribution in [2.75, 3.05) is 12.0 Å². The molecule has 4 rings (SSSR count). The van der Waals surface area contributed by atoms with Crippen LogP contribution in [0.4, 0.5) is 0 Å². The van der Waals surface area contributed by atoms with Crippen LogP contribution in [0.3, 0.4) is 0 Å². The number of benzene rings is 3. The summed E-state index contributed by atoms with van der Waals surface area (Å²) in [5.41, 5.74) is 5.22. The van der Waals surface area contributed by atoms with Gasteiger partial charge in [-0.05, 0) is 110 Å². The van der Waals surface area contributed by atoms with Gasteiger partial charge in [-0.2, -0.15) is 11.8 Å². The average molecular weight is 613 g/mol. The number of carboxylic acids is 1. The summed E-state index contributed by atoms with van der Waals surface area (Å²) in [6.45, 7) is 7.56. The number of rotatable bonds is 13. The maximum absolute atomic E-state index is 13.4. The largest absolute Gasteiger partial charge is 1.00 e. The van der Waals surface area contributed by atoms with E-state index in [1.54, 1.807) is 11.8 Å². The number of furan rings is 1. The van der Waals surface area contributed by atoms with Crippen molar-refractivity contribution in [3.05, 3.63) is 106 Å². The van der Waals surface area contributed by atoms with E-state index in [9.17, 15) is 14.7 Å². The Balaban J connectivity index is 0.00000337. The van der Waals surface area contributed by atoms with Crippen LogP contribution in [0.25, 0.3) is 22.5 Å². The van der Waals surface area contributed by atoms with Gasteiger partial charge >= 0.3 is 24.8 Å². The van der Waals surface area contributed by atoms with Crippen LogP contribution in [0.1, 0.15) is 48.9 Å². The maximum Gasteiger partial charge on any atom is 1.00 e. The van der Waals surface area contributed by atoms with E-state index in [1.807, 2.05) is 92.0 Å². The summed E-state index contributed by atoms with van der Waals surface area (Å²) in [5, 5.41) is 13.1.